The number of ether oxygens (including phenoxy) is 1. The van der Waals surface area contributed by atoms with E-state index in [4.69, 9.17) is 0 Å². The van der Waals surface area contributed by atoms with Crippen LogP contribution in [0.25, 0.3) is 10.2 Å². The smallest absolute Gasteiger partial charge is 0.305 e. The molecule has 0 aliphatic heterocycles. The molecule has 0 amide bonds. The van der Waals surface area contributed by atoms with Crippen LogP contribution in [0.3, 0.4) is 0 Å². The topological polar surface area (TPSA) is 52.1 Å². The number of hydrogen-bond acceptors (Lipinski definition) is 6. The minimum Gasteiger partial charge on any atom is -0.469 e. The monoisotopic (exact) mass is 296 g/mol. The molecule has 0 aliphatic rings. The van der Waals surface area contributed by atoms with Gasteiger partial charge in [-0.25, -0.2) is 9.97 Å². The Hall–Kier alpha value is -1.14. The van der Waals surface area contributed by atoms with E-state index in [1.54, 1.807) is 29.4 Å². The van der Waals surface area contributed by atoms with Crippen molar-refractivity contribution in [3.63, 3.8) is 0 Å². The molecule has 2 heterocycles. The van der Waals surface area contributed by atoms with Gasteiger partial charge < -0.3 is 4.74 Å². The molecule has 4 nitrogen and oxygen atoms in total. The lowest BCUT2D eigenvalue weighted by Gasteiger charge is -2.03. The molecule has 0 bridgehead atoms. The molecular formula is C13H16N2O2S2. The number of methoxy groups -OCH3 is 1. The number of thioether (sulfide) groups is 1. The van der Waals surface area contributed by atoms with Crippen molar-refractivity contribution < 1.29 is 9.53 Å². The number of fused-ring (bicyclic) bond motifs is 1. The molecule has 102 valence electrons. The largest absolute Gasteiger partial charge is 0.469 e. The molecule has 0 fully saturated rings. The van der Waals surface area contributed by atoms with Gasteiger partial charge in [0.05, 0.1) is 7.11 Å². The Bertz CT molecular complexity index is 596. The molecular weight excluding hydrogens is 280 g/mol. The first-order valence-corrected chi connectivity index (χ1v) is 7.84. The molecule has 6 heteroatoms. The summed E-state index contributed by atoms with van der Waals surface area (Å²) in [5, 5.41) is 2.17. The summed E-state index contributed by atoms with van der Waals surface area (Å²) in [5.41, 5.74) is 1.26. The van der Waals surface area contributed by atoms with Gasteiger partial charge in [0, 0.05) is 22.4 Å². The number of rotatable bonds is 5. The second-order valence-electron chi connectivity index (χ2n) is 4.17. The Labute approximate surface area is 120 Å². The summed E-state index contributed by atoms with van der Waals surface area (Å²) in [7, 11) is 1.42. The lowest BCUT2D eigenvalue weighted by molar-refractivity contribution is -0.140. The van der Waals surface area contributed by atoms with Crippen LogP contribution in [0.15, 0.2) is 11.4 Å². The fraction of sp³-hybridized carbons (Fsp3) is 0.462. The number of aromatic nitrogens is 2. The van der Waals surface area contributed by atoms with Gasteiger partial charge in [0.25, 0.3) is 0 Å². The van der Waals surface area contributed by atoms with Crippen molar-refractivity contribution in [2.24, 2.45) is 0 Å². The Morgan fingerprint density at radius 1 is 1.42 bits per heavy atom. The number of esters is 1. The minimum atomic E-state index is -0.156. The van der Waals surface area contributed by atoms with Crippen molar-refractivity contribution in [3.8, 4) is 0 Å². The molecule has 0 saturated carbocycles. The highest BCUT2D eigenvalue weighted by molar-refractivity contribution is 7.99. The molecule has 0 aliphatic carbocycles. The fourth-order valence-electron chi connectivity index (χ4n) is 1.75. The highest BCUT2D eigenvalue weighted by Crippen LogP contribution is 2.34. The van der Waals surface area contributed by atoms with Gasteiger partial charge in [-0.1, -0.05) is 0 Å². The van der Waals surface area contributed by atoms with Gasteiger partial charge in [-0.15, -0.1) is 23.1 Å². The van der Waals surface area contributed by atoms with Gasteiger partial charge in [0.15, 0.2) is 0 Å². The van der Waals surface area contributed by atoms with Crippen LogP contribution in [0, 0.1) is 13.8 Å². The molecule has 0 spiro atoms. The minimum absolute atomic E-state index is 0.156. The highest BCUT2D eigenvalue weighted by Gasteiger charge is 2.12. The van der Waals surface area contributed by atoms with Crippen molar-refractivity contribution in [2.45, 2.75) is 31.7 Å². The highest BCUT2D eigenvalue weighted by atomic mass is 32.2. The van der Waals surface area contributed by atoms with E-state index in [1.807, 2.05) is 0 Å². The molecule has 0 saturated heterocycles. The predicted molar refractivity (Wildman–Crippen MR) is 78.9 cm³/mol. The van der Waals surface area contributed by atoms with Crippen LogP contribution in [-0.4, -0.2) is 28.8 Å². The second kappa shape index (κ2) is 6.34. The molecule has 2 rings (SSSR count). The first kappa shape index (κ1) is 14.3. The first-order valence-electron chi connectivity index (χ1n) is 6.03. The Morgan fingerprint density at radius 3 is 2.95 bits per heavy atom. The molecule has 0 unspecified atom stereocenters. The number of nitrogens with zero attached hydrogens (tertiary/aromatic N) is 2. The third kappa shape index (κ3) is 3.25. The third-order valence-corrected chi connectivity index (χ3v) is 5.11. The Morgan fingerprint density at radius 2 is 2.21 bits per heavy atom. The van der Waals surface area contributed by atoms with Crippen LogP contribution >= 0.6 is 23.1 Å². The third-order valence-electron chi connectivity index (χ3n) is 2.92. The fourth-order valence-corrected chi connectivity index (χ4v) is 3.81. The predicted octanol–water partition coefficient (Wildman–Crippen LogP) is 3.35. The molecule has 0 N–H and O–H groups in total. The number of carbonyl (C=O) groups is 1. The molecule has 0 atom stereocenters. The van der Waals surface area contributed by atoms with Crippen molar-refractivity contribution in [3.05, 3.63) is 16.8 Å². The van der Waals surface area contributed by atoms with Crippen LogP contribution < -0.4 is 0 Å². The number of hydrogen-bond donors (Lipinski definition) is 0. The van der Waals surface area contributed by atoms with Crippen molar-refractivity contribution in [2.75, 3.05) is 12.9 Å². The van der Waals surface area contributed by atoms with E-state index < -0.39 is 0 Å². The lowest BCUT2D eigenvalue weighted by atomic mass is 10.2. The summed E-state index contributed by atoms with van der Waals surface area (Å²) in [6.07, 6.45) is 2.87. The van der Waals surface area contributed by atoms with Gasteiger partial charge in [-0.3, -0.25) is 4.79 Å². The maximum absolute atomic E-state index is 11.0. The van der Waals surface area contributed by atoms with Gasteiger partial charge in [-0.2, -0.15) is 0 Å². The second-order valence-corrected chi connectivity index (χ2v) is 6.46. The van der Waals surface area contributed by atoms with E-state index in [0.717, 1.165) is 27.4 Å². The summed E-state index contributed by atoms with van der Waals surface area (Å²) < 4.78 is 4.62. The zero-order chi connectivity index (χ0) is 13.8. The maximum atomic E-state index is 11.0. The van der Waals surface area contributed by atoms with E-state index in [-0.39, 0.29) is 5.97 Å². The van der Waals surface area contributed by atoms with E-state index in [2.05, 4.69) is 28.6 Å². The molecule has 0 aromatic carbocycles. The molecule has 19 heavy (non-hydrogen) atoms. The van der Waals surface area contributed by atoms with E-state index in [1.165, 1.54) is 17.6 Å². The van der Waals surface area contributed by atoms with E-state index >= 15 is 0 Å². The number of thiophene rings is 1. The van der Waals surface area contributed by atoms with Crippen molar-refractivity contribution in [1.29, 1.82) is 0 Å². The summed E-state index contributed by atoms with van der Waals surface area (Å²) in [6, 6.07) is 0. The zero-order valence-electron chi connectivity index (χ0n) is 11.2. The Balaban J connectivity index is 2.06. The molecule has 2 aromatic rings. The average molecular weight is 296 g/mol. The van der Waals surface area contributed by atoms with Crippen LogP contribution in [0.2, 0.25) is 0 Å². The quantitative estimate of drug-likeness (QED) is 0.366. The Kier molecular flexibility index (Phi) is 4.76. The van der Waals surface area contributed by atoms with Crippen LogP contribution in [0.1, 0.15) is 23.3 Å². The normalized spacial score (nSPS) is 10.9. The van der Waals surface area contributed by atoms with Gasteiger partial charge >= 0.3 is 5.97 Å². The van der Waals surface area contributed by atoms with Crippen LogP contribution in [-0.2, 0) is 9.53 Å². The van der Waals surface area contributed by atoms with Crippen molar-refractivity contribution >= 4 is 39.3 Å². The van der Waals surface area contributed by atoms with Crippen molar-refractivity contribution in [1.82, 2.24) is 9.97 Å². The van der Waals surface area contributed by atoms with Gasteiger partial charge in [-0.05, 0) is 25.8 Å². The zero-order valence-corrected chi connectivity index (χ0v) is 12.9. The maximum Gasteiger partial charge on any atom is 0.305 e. The number of aryl methyl sites for hydroxylation is 2. The summed E-state index contributed by atoms with van der Waals surface area (Å²) in [6.45, 7) is 4.21. The first-order chi connectivity index (χ1) is 9.13. The van der Waals surface area contributed by atoms with E-state index in [9.17, 15) is 4.79 Å². The molecule has 0 radical (unpaired) electrons. The summed E-state index contributed by atoms with van der Waals surface area (Å²) >= 11 is 3.38. The van der Waals surface area contributed by atoms with Gasteiger partial charge in [0.1, 0.15) is 16.2 Å². The van der Waals surface area contributed by atoms with E-state index in [0.29, 0.717) is 6.42 Å². The summed E-state index contributed by atoms with van der Waals surface area (Å²) in [4.78, 5) is 22.0. The SMILES string of the molecule is COC(=O)CCCSc1ncnc2sc(C)c(C)c12. The van der Waals surface area contributed by atoms with Gasteiger partial charge in [0.2, 0.25) is 0 Å². The van der Waals surface area contributed by atoms with Crippen LogP contribution in [0.4, 0.5) is 0 Å². The number of carbonyl (C=O) groups excluding carboxylic acids is 1. The summed E-state index contributed by atoms with van der Waals surface area (Å²) in [5.74, 6) is 0.700. The van der Waals surface area contributed by atoms with Crippen LogP contribution in [0.5, 0.6) is 0 Å². The standard InChI is InChI=1S/C13H16N2O2S2/c1-8-9(2)19-13-11(8)12(14-7-15-13)18-6-4-5-10(16)17-3/h7H,4-6H2,1-3H3. The average Bonchev–Trinajstić information content (AvgIpc) is 2.70. The lowest BCUT2D eigenvalue weighted by Crippen LogP contribution is -2.00. The molecule has 2 aromatic heterocycles.